The first-order valence-corrected chi connectivity index (χ1v) is 9.37. The van der Waals surface area contributed by atoms with Crippen LogP contribution in [0.25, 0.3) is 34.1 Å². The third kappa shape index (κ3) is 2.88. The van der Waals surface area contributed by atoms with E-state index in [1.54, 1.807) is 6.20 Å². The van der Waals surface area contributed by atoms with Gasteiger partial charge in [-0.25, -0.2) is 18.7 Å². The first-order valence-electron chi connectivity index (χ1n) is 9.37. The van der Waals surface area contributed by atoms with Crippen molar-refractivity contribution in [2.45, 2.75) is 38.5 Å². The molecule has 0 spiro atoms. The van der Waals surface area contributed by atoms with E-state index < -0.39 is 11.8 Å². The zero-order valence-corrected chi connectivity index (χ0v) is 16.1. The van der Waals surface area contributed by atoms with Crippen LogP contribution in [0, 0.1) is 6.92 Å². The lowest BCUT2D eigenvalue weighted by molar-refractivity contribution is 0.106. The maximum atomic E-state index is 13.2. The van der Waals surface area contributed by atoms with Crippen LogP contribution in [-0.2, 0) is 13.5 Å². The van der Waals surface area contributed by atoms with E-state index in [-0.39, 0.29) is 18.1 Å². The van der Waals surface area contributed by atoms with E-state index in [4.69, 9.17) is 9.51 Å². The average Bonchev–Trinajstić information content (AvgIpc) is 3.05. The Bertz CT molecular complexity index is 1250. The lowest BCUT2D eigenvalue weighted by Gasteiger charge is -2.08. The van der Waals surface area contributed by atoms with Crippen LogP contribution in [0.4, 0.5) is 8.78 Å². The minimum absolute atomic E-state index is 0.0241. The van der Waals surface area contributed by atoms with Gasteiger partial charge in [0, 0.05) is 31.4 Å². The minimum Gasteiger partial charge on any atom is -0.338 e. The van der Waals surface area contributed by atoms with Crippen molar-refractivity contribution in [2.75, 3.05) is 0 Å². The van der Waals surface area contributed by atoms with Crippen LogP contribution >= 0.6 is 0 Å². The molecule has 1 fully saturated rings. The Balaban J connectivity index is 1.54. The van der Waals surface area contributed by atoms with E-state index in [1.807, 2.05) is 43.8 Å². The number of imidazole rings is 1. The summed E-state index contributed by atoms with van der Waals surface area (Å²) >= 11 is 0. The summed E-state index contributed by atoms with van der Waals surface area (Å²) in [7, 11) is 1.91. The van der Waals surface area contributed by atoms with E-state index in [0.717, 1.165) is 28.0 Å². The normalized spacial score (nSPS) is 17.8. The van der Waals surface area contributed by atoms with Crippen molar-refractivity contribution < 1.29 is 13.3 Å². The number of aryl methyl sites for hydroxylation is 3. The standard InChI is InChI=1S/C20H18F2N6O/c1-4-11-6-12(16-26-19(29-27-16)13-7-20(13,21)22)9-23-15(11)18-25-14-5-10(2)8-24-17(14)28(18)3/h5-6,8-9,13H,4,7H2,1-3H3. The number of nitrogens with zero attached hydrogens (tertiary/aromatic N) is 6. The van der Waals surface area contributed by atoms with Gasteiger partial charge in [-0.05, 0) is 36.6 Å². The first kappa shape index (κ1) is 17.8. The molecule has 4 aromatic heterocycles. The summed E-state index contributed by atoms with van der Waals surface area (Å²) in [4.78, 5) is 17.9. The molecule has 0 amide bonds. The first-order chi connectivity index (χ1) is 13.9. The van der Waals surface area contributed by atoms with E-state index in [9.17, 15) is 8.78 Å². The number of fused-ring (bicyclic) bond motifs is 1. The Hall–Kier alpha value is -3.23. The lowest BCUT2D eigenvalue weighted by atomic mass is 10.1. The fourth-order valence-electron chi connectivity index (χ4n) is 3.47. The van der Waals surface area contributed by atoms with Crippen LogP contribution in [-0.4, -0.2) is 35.6 Å². The largest absolute Gasteiger partial charge is 0.338 e. The molecule has 7 nitrogen and oxygen atoms in total. The summed E-state index contributed by atoms with van der Waals surface area (Å²) in [6.45, 7) is 3.99. The molecule has 0 bridgehead atoms. The van der Waals surface area contributed by atoms with E-state index >= 15 is 0 Å². The van der Waals surface area contributed by atoms with E-state index in [0.29, 0.717) is 17.8 Å². The molecule has 29 heavy (non-hydrogen) atoms. The number of hydrogen-bond donors (Lipinski definition) is 0. The Labute approximate surface area is 164 Å². The van der Waals surface area contributed by atoms with Crippen LogP contribution < -0.4 is 0 Å². The Kier molecular flexibility index (Phi) is 3.77. The molecule has 148 valence electrons. The van der Waals surface area contributed by atoms with Crippen LogP contribution in [0.2, 0.25) is 0 Å². The van der Waals surface area contributed by atoms with Gasteiger partial charge in [0.1, 0.15) is 17.1 Å². The Morgan fingerprint density at radius 3 is 2.72 bits per heavy atom. The monoisotopic (exact) mass is 396 g/mol. The summed E-state index contributed by atoms with van der Waals surface area (Å²) in [5.74, 6) is -2.76. The third-order valence-electron chi connectivity index (χ3n) is 5.23. The van der Waals surface area contributed by atoms with Gasteiger partial charge in [0.05, 0.1) is 0 Å². The Morgan fingerprint density at radius 1 is 1.21 bits per heavy atom. The van der Waals surface area contributed by atoms with Gasteiger partial charge in [-0.2, -0.15) is 4.98 Å². The topological polar surface area (TPSA) is 82.5 Å². The summed E-state index contributed by atoms with van der Waals surface area (Å²) in [6, 6.07) is 3.89. The maximum absolute atomic E-state index is 13.2. The second-order valence-corrected chi connectivity index (χ2v) is 7.41. The fourth-order valence-corrected chi connectivity index (χ4v) is 3.47. The molecule has 4 aromatic rings. The van der Waals surface area contributed by atoms with Gasteiger partial charge in [-0.15, -0.1) is 0 Å². The molecule has 1 unspecified atom stereocenters. The smallest absolute Gasteiger partial charge is 0.260 e. The molecule has 4 heterocycles. The summed E-state index contributed by atoms with van der Waals surface area (Å²) in [6.07, 6.45) is 3.89. The highest BCUT2D eigenvalue weighted by Crippen LogP contribution is 2.55. The van der Waals surface area contributed by atoms with Crippen LogP contribution in [0.3, 0.4) is 0 Å². The SMILES string of the molecule is CCc1cc(-c2noc(C3CC3(F)F)n2)cnc1-c1nc2cc(C)cnc2n1C. The van der Waals surface area contributed by atoms with Gasteiger partial charge in [-0.3, -0.25) is 4.98 Å². The average molecular weight is 396 g/mol. The molecule has 1 saturated carbocycles. The van der Waals surface area contributed by atoms with Gasteiger partial charge in [0.2, 0.25) is 11.7 Å². The summed E-state index contributed by atoms with van der Waals surface area (Å²) in [5, 5.41) is 3.86. The molecular formula is C20H18F2N6O. The lowest BCUT2D eigenvalue weighted by Crippen LogP contribution is -2.00. The van der Waals surface area contributed by atoms with E-state index in [2.05, 4.69) is 20.1 Å². The predicted octanol–water partition coefficient (Wildman–Crippen LogP) is 4.07. The number of alkyl halides is 2. The summed E-state index contributed by atoms with van der Waals surface area (Å²) < 4.78 is 33.5. The van der Waals surface area contributed by atoms with Gasteiger partial charge in [0.25, 0.3) is 5.92 Å². The Morgan fingerprint density at radius 2 is 2.00 bits per heavy atom. The summed E-state index contributed by atoms with van der Waals surface area (Å²) in [5.41, 5.74) is 4.94. The molecule has 0 saturated heterocycles. The number of aromatic nitrogens is 6. The maximum Gasteiger partial charge on any atom is 0.260 e. The molecule has 0 radical (unpaired) electrons. The van der Waals surface area contributed by atoms with Crippen molar-refractivity contribution in [1.29, 1.82) is 0 Å². The molecule has 1 atom stereocenters. The van der Waals surface area contributed by atoms with Gasteiger partial charge >= 0.3 is 0 Å². The van der Waals surface area contributed by atoms with Crippen LogP contribution in [0.5, 0.6) is 0 Å². The zero-order valence-electron chi connectivity index (χ0n) is 16.1. The van der Waals surface area contributed by atoms with Crippen LogP contribution in [0.1, 0.15) is 36.3 Å². The molecular weight excluding hydrogens is 378 g/mol. The number of pyridine rings is 2. The second kappa shape index (κ2) is 6.13. The molecule has 1 aliphatic carbocycles. The highest BCUT2D eigenvalue weighted by molar-refractivity contribution is 5.77. The highest BCUT2D eigenvalue weighted by atomic mass is 19.3. The van der Waals surface area contributed by atoms with Crippen molar-refractivity contribution in [2.24, 2.45) is 7.05 Å². The van der Waals surface area contributed by atoms with Gasteiger partial charge in [-0.1, -0.05) is 12.1 Å². The number of halogens is 2. The van der Waals surface area contributed by atoms with E-state index in [1.165, 1.54) is 0 Å². The molecule has 0 aliphatic heterocycles. The van der Waals surface area contributed by atoms with Crippen molar-refractivity contribution in [3.8, 4) is 22.9 Å². The van der Waals surface area contributed by atoms with Gasteiger partial charge in [0.15, 0.2) is 11.5 Å². The van der Waals surface area contributed by atoms with Crippen molar-refractivity contribution in [3.05, 3.63) is 41.5 Å². The number of hydrogen-bond acceptors (Lipinski definition) is 6. The molecule has 0 aromatic carbocycles. The molecule has 5 rings (SSSR count). The minimum atomic E-state index is -2.74. The zero-order chi connectivity index (χ0) is 20.3. The van der Waals surface area contributed by atoms with Crippen molar-refractivity contribution >= 4 is 11.2 Å². The van der Waals surface area contributed by atoms with Gasteiger partial charge < -0.3 is 9.09 Å². The molecule has 0 N–H and O–H groups in total. The predicted molar refractivity (Wildman–Crippen MR) is 101 cm³/mol. The number of rotatable bonds is 4. The third-order valence-corrected chi connectivity index (χ3v) is 5.23. The van der Waals surface area contributed by atoms with Crippen molar-refractivity contribution in [3.63, 3.8) is 0 Å². The molecule has 9 heteroatoms. The second-order valence-electron chi connectivity index (χ2n) is 7.41. The molecule has 1 aliphatic rings. The fraction of sp³-hybridized carbons (Fsp3) is 0.350. The van der Waals surface area contributed by atoms with Crippen molar-refractivity contribution in [1.82, 2.24) is 29.7 Å². The van der Waals surface area contributed by atoms with Crippen LogP contribution in [0.15, 0.2) is 29.0 Å². The quantitative estimate of drug-likeness (QED) is 0.517. The highest BCUT2D eigenvalue weighted by Gasteiger charge is 2.61.